The van der Waals surface area contributed by atoms with Gasteiger partial charge >= 0.3 is 0 Å². The van der Waals surface area contributed by atoms with Crippen LogP contribution in [0.25, 0.3) is 0 Å². The van der Waals surface area contributed by atoms with Crippen molar-refractivity contribution in [3.63, 3.8) is 0 Å². The van der Waals surface area contributed by atoms with E-state index in [9.17, 15) is 4.79 Å². The molecule has 1 saturated carbocycles. The molecular weight excluding hydrogens is 190 g/mol. The molecule has 0 saturated heterocycles. The fourth-order valence-corrected chi connectivity index (χ4v) is 1.56. The van der Waals surface area contributed by atoms with E-state index in [2.05, 4.69) is 9.97 Å². The lowest BCUT2D eigenvalue weighted by atomic mass is 10.0. The number of nitrogens with zero attached hydrogens (tertiary/aromatic N) is 1. The molecule has 1 aliphatic carbocycles. The zero-order chi connectivity index (χ0) is 11.0. The maximum atomic E-state index is 11.4. The van der Waals surface area contributed by atoms with Crippen molar-refractivity contribution in [3.8, 4) is 0 Å². The molecule has 4 heteroatoms. The van der Waals surface area contributed by atoms with Gasteiger partial charge in [-0.05, 0) is 18.8 Å². The molecule has 0 spiro atoms. The van der Waals surface area contributed by atoms with Gasteiger partial charge in [0.1, 0.15) is 5.82 Å². The van der Waals surface area contributed by atoms with Crippen LogP contribution in [0.2, 0.25) is 0 Å². The number of rotatable bonds is 3. The summed E-state index contributed by atoms with van der Waals surface area (Å²) >= 11 is 0. The highest BCUT2D eigenvalue weighted by Gasteiger charge is 2.27. The highest BCUT2D eigenvalue weighted by Crippen LogP contribution is 2.37. The average molecular weight is 207 g/mol. The molecule has 15 heavy (non-hydrogen) atoms. The Bertz CT molecular complexity index is 407. The van der Waals surface area contributed by atoms with E-state index in [1.807, 2.05) is 13.8 Å². The SMILES string of the molecule is CC(C)C(N)c1cc(=O)[nH]c(C2CC2)n1. The Morgan fingerprint density at radius 1 is 1.53 bits per heavy atom. The lowest BCUT2D eigenvalue weighted by molar-refractivity contribution is 0.499. The van der Waals surface area contributed by atoms with Crippen LogP contribution in [-0.2, 0) is 0 Å². The Morgan fingerprint density at radius 2 is 2.20 bits per heavy atom. The number of H-pyrrole nitrogens is 1. The van der Waals surface area contributed by atoms with E-state index in [-0.39, 0.29) is 11.6 Å². The second kappa shape index (κ2) is 3.77. The van der Waals surface area contributed by atoms with E-state index in [0.717, 1.165) is 24.4 Å². The molecule has 0 aliphatic heterocycles. The third kappa shape index (κ3) is 2.26. The van der Waals surface area contributed by atoms with Crippen LogP contribution in [0.3, 0.4) is 0 Å². The van der Waals surface area contributed by atoms with Gasteiger partial charge in [0.25, 0.3) is 5.56 Å². The minimum atomic E-state index is -0.148. The summed E-state index contributed by atoms with van der Waals surface area (Å²) in [4.78, 5) is 18.6. The van der Waals surface area contributed by atoms with E-state index in [4.69, 9.17) is 5.73 Å². The van der Waals surface area contributed by atoms with Crippen LogP contribution in [0.5, 0.6) is 0 Å². The minimum Gasteiger partial charge on any atom is -0.322 e. The van der Waals surface area contributed by atoms with Gasteiger partial charge in [0, 0.05) is 18.0 Å². The zero-order valence-electron chi connectivity index (χ0n) is 9.16. The lowest BCUT2D eigenvalue weighted by Gasteiger charge is -2.15. The van der Waals surface area contributed by atoms with Gasteiger partial charge in [0.15, 0.2) is 0 Å². The van der Waals surface area contributed by atoms with Crippen LogP contribution in [0, 0.1) is 5.92 Å². The summed E-state index contributed by atoms with van der Waals surface area (Å²) in [6, 6.07) is 1.36. The van der Waals surface area contributed by atoms with Gasteiger partial charge < -0.3 is 10.7 Å². The molecule has 0 radical (unpaired) electrons. The normalized spacial score (nSPS) is 18.1. The topological polar surface area (TPSA) is 71.8 Å². The first-order valence-corrected chi connectivity index (χ1v) is 5.44. The van der Waals surface area contributed by atoms with Crippen molar-refractivity contribution in [2.45, 2.75) is 38.6 Å². The molecule has 1 aromatic rings. The van der Waals surface area contributed by atoms with Crippen LogP contribution >= 0.6 is 0 Å². The van der Waals surface area contributed by atoms with Gasteiger partial charge in [-0.1, -0.05) is 13.8 Å². The van der Waals surface area contributed by atoms with E-state index in [0.29, 0.717) is 11.8 Å². The second-order valence-electron chi connectivity index (χ2n) is 4.60. The first-order valence-electron chi connectivity index (χ1n) is 5.44. The molecule has 1 heterocycles. The molecule has 2 rings (SSSR count). The number of nitrogens with two attached hydrogens (primary N) is 1. The van der Waals surface area contributed by atoms with Crippen molar-refractivity contribution in [2.75, 3.05) is 0 Å². The Balaban J connectivity index is 2.34. The monoisotopic (exact) mass is 207 g/mol. The van der Waals surface area contributed by atoms with Gasteiger partial charge in [-0.3, -0.25) is 4.79 Å². The summed E-state index contributed by atoms with van der Waals surface area (Å²) in [7, 11) is 0. The van der Waals surface area contributed by atoms with Crippen LogP contribution in [-0.4, -0.2) is 9.97 Å². The predicted molar refractivity (Wildman–Crippen MR) is 58.6 cm³/mol. The van der Waals surface area contributed by atoms with Gasteiger partial charge in [-0.2, -0.15) is 0 Å². The molecule has 0 aromatic carbocycles. The summed E-state index contributed by atoms with van der Waals surface area (Å²) in [5, 5.41) is 0. The number of nitrogens with one attached hydrogen (secondary N) is 1. The van der Waals surface area contributed by atoms with Crippen molar-refractivity contribution in [2.24, 2.45) is 11.7 Å². The smallest absolute Gasteiger partial charge is 0.251 e. The molecule has 1 unspecified atom stereocenters. The van der Waals surface area contributed by atoms with Crippen LogP contribution in [0.4, 0.5) is 0 Å². The minimum absolute atomic E-state index is 0.0852. The number of hydrogen-bond donors (Lipinski definition) is 2. The summed E-state index contributed by atoms with van der Waals surface area (Å²) < 4.78 is 0. The second-order valence-corrected chi connectivity index (χ2v) is 4.60. The lowest BCUT2D eigenvalue weighted by Crippen LogP contribution is -2.22. The Kier molecular flexibility index (Phi) is 2.61. The van der Waals surface area contributed by atoms with E-state index < -0.39 is 0 Å². The van der Waals surface area contributed by atoms with Crippen molar-refractivity contribution in [1.82, 2.24) is 9.97 Å². The molecule has 1 aliphatic rings. The summed E-state index contributed by atoms with van der Waals surface area (Å²) in [6.45, 7) is 4.06. The van der Waals surface area contributed by atoms with E-state index in [1.165, 1.54) is 6.07 Å². The molecule has 0 bridgehead atoms. The van der Waals surface area contributed by atoms with Crippen LogP contribution < -0.4 is 11.3 Å². The maximum absolute atomic E-state index is 11.4. The summed E-state index contributed by atoms with van der Waals surface area (Å²) in [6.07, 6.45) is 2.26. The standard InChI is InChI=1S/C11H17N3O/c1-6(2)10(12)8-5-9(15)14-11(13-8)7-3-4-7/h5-7,10H,3-4,12H2,1-2H3,(H,13,14,15). The molecule has 3 N–H and O–H groups in total. The van der Waals surface area contributed by atoms with Gasteiger partial charge in [0.05, 0.1) is 5.69 Å². The van der Waals surface area contributed by atoms with E-state index in [1.54, 1.807) is 0 Å². The van der Waals surface area contributed by atoms with Crippen molar-refractivity contribution in [3.05, 3.63) is 27.9 Å². The van der Waals surface area contributed by atoms with Gasteiger partial charge in [0.2, 0.25) is 0 Å². The number of hydrogen-bond acceptors (Lipinski definition) is 3. The molecule has 1 aromatic heterocycles. The molecule has 1 atom stereocenters. The predicted octanol–water partition coefficient (Wildman–Crippen LogP) is 1.30. The van der Waals surface area contributed by atoms with Crippen LogP contribution in [0.15, 0.2) is 10.9 Å². The molecular formula is C11H17N3O. The fourth-order valence-electron chi connectivity index (χ4n) is 1.56. The van der Waals surface area contributed by atoms with Gasteiger partial charge in [-0.25, -0.2) is 4.98 Å². The highest BCUT2D eigenvalue weighted by molar-refractivity contribution is 5.13. The Morgan fingerprint density at radius 3 is 2.73 bits per heavy atom. The van der Waals surface area contributed by atoms with Crippen LogP contribution in [0.1, 0.15) is 50.2 Å². The zero-order valence-corrected chi connectivity index (χ0v) is 9.16. The molecule has 4 nitrogen and oxygen atoms in total. The largest absolute Gasteiger partial charge is 0.322 e. The Hall–Kier alpha value is -1.16. The third-order valence-electron chi connectivity index (χ3n) is 2.80. The molecule has 82 valence electrons. The number of aromatic amines is 1. The van der Waals surface area contributed by atoms with Crippen molar-refractivity contribution < 1.29 is 0 Å². The molecule has 0 amide bonds. The average Bonchev–Trinajstić information content (AvgIpc) is 2.98. The first-order chi connectivity index (χ1) is 7.08. The quantitative estimate of drug-likeness (QED) is 0.784. The fraction of sp³-hybridized carbons (Fsp3) is 0.636. The first kappa shape index (κ1) is 10.4. The highest BCUT2D eigenvalue weighted by atomic mass is 16.1. The van der Waals surface area contributed by atoms with Gasteiger partial charge in [-0.15, -0.1) is 0 Å². The summed E-state index contributed by atoms with van der Waals surface area (Å²) in [5.41, 5.74) is 6.61. The van der Waals surface area contributed by atoms with Crippen molar-refractivity contribution in [1.29, 1.82) is 0 Å². The maximum Gasteiger partial charge on any atom is 0.251 e. The van der Waals surface area contributed by atoms with E-state index >= 15 is 0 Å². The third-order valence-corrected chi connectivity index (χ3v) is 2.80. The van der Waals surface area contributed by atoms with Crippen molar-refractivity contribution >= 4 is 0 Å². The summed E-state index contributed by atoms with van der Waals surface area (Å²) in [5.74, 6) is 1.57. The molecule has 1 fully saturated rings. The number of aromatic nitrogens is 2. The Labute approximate surface area is 88.9 Å².